The van der Waals surface area contributed by atoms with E-state index in [1.165, 1.54) is 28.3 Å². The quantitative estimate of drug-likeness (QED) is 0.705. The topological polar surface area (TPSA) is 58.4 Å². The molecule has 1 saturated heterocycles. The highest BCUT2D eigenvalue weighted by atomic mass is 32.1. The van der Waals surface area contributed by atoms with E-state index in [0.29, 0.717) is 42.1 Å². The van der Waals surface area contributed by atoms with Crippen LogP contribution in [-0.4, -0.2) is 46.5 Å². The maximum atomic E-state index is 13.9. The molecule has 1 aliphatic heterocycles. The van der Waals surface area contributed by atoms with Crippen molar-refractivity contribution < 1.29 is 9.18 Å². The molecule has 0 unspecified atom stereocenters. The van der Waals surface area contributed by atoms with Gasteiger partial charge in [-0.05, 0) is 23.6 Å². The van der Waals surface area contributed by atoms with E-state index in [1.54, 1.807) is 29.2 Å². The van der Waals surface area contributed by atoms with Gasteiger partial charge < -0.3 is 9.80 Å². The number of halogens is 1. The van der Waals surface area contributed by atoms with Gasteiger partial charge in [-0.25, -0.2) is 9.37 Å². The van der Waals surface area contributed by atoms with E-state index < -0.39 is 0 Å². The number of aromatic nitrogens is 2. The van der Waals surface area contributed by atoms with Gasteiger partial charge in [0, 0.05) is 26.2 Å². The molecule has 26 heavy (non-hydrogen) atoms. The van der Waals surface area contributed by atoms with Gasteiger partial charge in [0.25, 0.3) is 5.56 Å². The number of rotatable bonds is 3. The number of anilines is 1. The molecule has 1 aliphatic rings. The molecule has 3 heterocycles. The maximum absolute atomic E-state index is 13.9. The Labute approximate surface area is 153 Å². The molecule has 0 saturated carbocycles. The number of benzene rings is 1. The summed E-state index contributed by atoms with van der Waals surface area (Å²) in [6, 6.07) is 8.37. The van der Waals surface area contributed by atoms with Crippen LogP contribution in [0.4, 0.5) is 10.1 Å². The van der Waals surface area contributed by atoms with Gasteiger partial charge in [-0.15, -0.1) is 11.3 Å². The molecule has 3 aromatic rings. The fraction of sp³-hybridized carbons (Fsp3) is 0.278. The monoisotopic (exact) mass is 372 g/mol. The Kier molecular flexibility index (Phi) is 4.42. The summed E-state index contributed by atoms with van der Waals surface area (Å²) in [6.07, 6.45) is 1.43. The molecule has 0 spiro atoms. The zero-order valence-electron chi connectivity index (χ0n) is 14.0. The van der Waals surface area contributed by atoms with Crippen molar-refractivity contribution in [2.24, 2.45) is 0 Å². The van der Waals surface area contributed by atoms with E-state index in [2.05, 4.69) is 4.98 Å². The minimum absolute atomic E-state index is 0.0304. The Hall–Kier alpha value is -2.74. The summed E-state index contributed by atoms with van der Waals surface area (Å²) in [4.78, 5) is 33.5. The minimum atomic E-state index is -0.256. The lowest BCUT2D eigenvalue weighted by Gasteiger charge is -2.36. The van der Waals surface area contributed by atoms with E-state index in [-0.39, 0.29) is 23.8 Å². The second-order valence-corrected chi connectivity index (χ2v) is 7.03. The molecule has 6 nitrogen and oxygen atoms in total. The average molecular weight is 372 g/mol. The summed E-state index contributed by atoms with van der Waals surface area (Å²) < 4.78 is 15.2. The summed E-state index contributed by atoms with van der Waals surface area (Å²) in [5, 5.41) is 2.35. The van der Waals surface area contributed by atoms with Crippen molar-refractivity contribution in [2.45, 2.75) is 6.54 Å². The Balaban J connectivity index is 1.43. The van der Waals surface area contributed by atoms with E-state index in [4.69, 9.17) is 0 Å². The van der Waals surface area contributed by atoms with E-state index in [1.807, 2.05) is 10.3 Å². The fourth-order valence-electron chi connectivity index (χ4n) is 3.16. The van der Waals surface area contributed by atoms with Crippen LogP contribution in [-0.2, 0) is 11.3 Å². The molecule has 134 valence electrons. The lowest BCUT2D eigenvalue weighted by atomic mass is 10.2. The van der Waals surface area contributed by atoms with Crippen LogP contribution in [0.2, 0.25) is 0 Å². The van der Waals surface area contributed by atoms with Crippen LogP contribution < -0.4 is 10.5 Å². The number of nitrogens with zero attached hydrogens (tertiary/aromatic N) is 4. The van der Waals surface area contributed by atoms with Crippen molar-refractivity contribution in [3.05, 3.63) is 58.2 Å². The Morgan fingerprint density at radius 3 is 2.69 bits per heavy atom. The first-order valence-electron chi connectivity index (χ1n) is 8.33. The molecule has 2 aromatic heterocycles. The maximum Gasteiger partial charge on any atom is 0.262 e. The number of carbonyl (C=O) groups is 1. The molecule has 0 radical (unpaired) electrons. The highest BCUT2D eigenvalue weighted by Crippen LogP contribution is 2.20. The van der Waals surface area contributed by atoms with Crippen LogP contribution in [0.5, 0.6) is 0 Å². The zero-order valence-corrected chi connectivity index (χ0v) is 14.8. The largest absolute Gasteiger partial charge is 0.366 e. The third kappa shape index (κ3) is 3.08. The number of fused-ring (bicyclic) bond motifs is 1. The van der Waals surface area contributed by atoms with Gasteiger partial charge >= 0.3 is 0 Å². The zero-order chi connectivity index (χ0) is 18.1. The fourth-order valence-corrected chi connectivity index (χ4v) is 3.88. The Morgan fingerprint density at radius 1 is 1.15 bits per heavy atom. The smallest absolute Gasteiger partial charge is 0.262 e. The number of carbonyl (C=O) groups excluding carboxylic acids is 1. The predicted octanol–water partition coefficient (Wildman–Crippen LogP) is 1.95. The van der Waals surface area contributed by atoms with Crippen LogP contribution in [0.3, 0.4) is 0 Å². The molecule has 0 N–H and O–H groups in total. The molecule has 1 fully saturated rings. The van der Waals surface area contributed by atoms with Gasteiger partial charge in [0.15, 0.2) is 0 Å². The normalized spacial score (nSPS) is 14.8. The summed E-state index contributed by atoms with van der Waals surface area (Å²) >= 11 is 1.40. The van der Waals surface area contributed by atoms with Crippen molar-refractivity contribution in [2.75, 3.05) is 31.1 Å². The van der Waals surface area contributed by atoms with E-state index in [9.17, 15) is 14.0 Å². The predicted molar refractivity (Wildman–Crippen MR) is 99.1 cm³/mol. The molecule has 0 atom stereocenters. The third-order valence-corrected chi connectivity index (χ3v) is 5.40. The molecule has 1 amide bonds. The molecular weight excluding hydrogens is 355 g/mol. The summed E-state index contributed by atoms with van der Waals surface area (Å²) in [7, 11) is 0. The number of hydrogen-bond acceptors (Lipinski definition) is 5. The number of piperazine rings is 1. The molecule has 8 heteroatoms. The van der Waals surface area contributed by atoms with Gasteiger partial charge in [-0.2, -0.15) is 0 Å². The highest BCUT2D eigenvalue weighted by molar-refractivity contribution is 7.16. The van der Waals surface area contributed by atoms with Gasteiger partial charge in [-0.1, -0.05) is 12.1 Å². The lowest BCUT2D eigenvalue weighted by Crippen LogP contribution is -2.50. The average Bonchev–Trinajstić information content (AvgIpc) is 3.14. The van der Waals surface area contributed by atoms with Crippen molar-refractivity contribution in [3.8, 4) is 0 Å². The van der Waals surface area contributed by atoms with Crippen LogP contribution in [0.15, 0.2) is 46.8 Å². The molecule has 0 aliphatic carbocycles. The number of hydrogen-bond donors (Lipinski definition) is 0. The molecule has 4 rings (SSSR count). The van der Waals surface area contributed by atoms with Crippen LogP contribution in [0.25, 0.3) is 10.2 Å². The second kappa shape index (κ2) is 6.87. The standard InChI is InChI=1S/C18H17FN4O2S/c19-14-3-1-2-4-15(14)21-6-8-22(9-7-21)16(24)11-23-12-20-17-13(18(23)25)5-10-26-17/h1-5,10,12H,6-9,11H2. The van der Waals surface area contributed by atoms with Crippen molar-refractivity contribution in [1.82, 2.24) is 14.5 Å². The van der Waals surface area contributed by atoms with Crippen LogP contribution in [0.1, 0.15) is 0 Å². The van der Waals surface area contributed by atoms with Gasteiger partial charge in [0.2, 0.25) is 5.91 Å². The summed E-state index contributed by atoms with van der Waals surface area (Å²) in [6.45, 7) is 2.08. The lowest BCUT2D eigenvalue weighted by molar-refractivity contribution is -0.132. The van der Waals surface area contributed by atoms with Gasteiger partial charge in [0.1, 0.15) is 17.2 Å². The van der Waals surface area contributed by atoms with Crippen molar-refractivity contribution in [3.63, 3.8) is 0 Å². The van der Waals surface area contributed by atoms with Crippen molar-refractivity contribution >= 4 is 33.1 Å². The van der Waals surface area contributed by atoms with Gasteiger partial charge in [-0.3, -0.25) is 14.2 Å². The van der Waals surface area contributed by atoms with Crippen molar-refractivity contribution in [1.29, 1.82) is 0 Å². The highest BCUT2D eigenvalue weighted by Gasteiger charge is 2.23. The van der Waals surface area contributed by atoms with Crippen LogP contribution in [0, 0.1) is 5.82 Å². The van der Waals surface area contributed by atoms with Gasteiger partial charge in [0.05, 0.1) is 17.4 Å². The van der Waals surface area contributed by atoms with E-state index in [0.717, 1.165) is 0 Å². The van der Waals surface area contributed by atoms with E-state index >= 15 is 0 Å². The summed E-state index contributed by atoms with van der Waals surface area (Å²) in [5.74, 6) is -0.384. The first-order valence-corrected chi connectivity index (χ1v) is 9.21. The number of thiophene rings is 1. The molecule has 0 bridgehead atoms. The van der Waals surface area contributed by atoms with Crippen LogP contribution >= 0.6 is 11.3 Å². The Morgan fingerprint density at radius 2 is 1.92 bits per heavy atom. The first-order chi connectivity index (χ1) is 12.6. The Bertz CT molecular complexity index is 1010. The number of para-hydroxylation sites is 1. The first kappa shape index (κ1) is 16.7. The molecule has 1 aromatic carbocycles. The minimum Gasteiger partial charge on any atom is -0.366 e. The molecular formula is C18H17FN4O2S. The second-order valence-electron chi connectivity index (χ2n) is 6.14. The summed E-state index contributed by atoms with van der Waals surface area (Å²) in [5.41, 5.74) is 0.359. The third-order valence-electron chi connectivity index (χ3n) is 4.58. The number of amides is 1. The SMILES string of the molecule is O=C(Cn1cnc2sccc2c1=O)N1CCN(c2ccccc2F)CC1.